The van der Waals surface area contributed by atoms with Gasteiger partial charge in [-0.1, -0.05) is 43.3 Å². The van der Waals surface area contributed by atoms with Crippen LogP contribution in [0.4, 0.5) is 19.0 Å². The fourth-order valence-corrected chi connectivity index (χ4v) is 5.61. The third kappa shape index (κ3) is 5.69. The molecular formula is C27H35F3N4O2. The summed E-state index contributed by atoms with van der Waals surface area (Å²) in [5.74, 6) is 0.333. The Bertz CT molecular complexity index is 992. The number of nitrogens with zero attached hydrogens (tertiary/aromatic N) is 4. The van der Waals surface area contributed by atoms with Crippen molar-refractivity contribution in [3.05, 3.63) is 59.8 Å². The van der Waals surface area contributed by atoms with E-state index in [1.165, 1.54) is 11.6 Å². The second-order valence-corrected chi connectivity index (χ2v) is 10.1. The van der Waals surface area contributed by atoms with Crippen LogP contribution in [0.25, 0.3) is 0 Å². The second kappa shape index (κ2) is 10.7. The number of ether oxygens (including phenoxy) is 2. The Morgan fingerprint density at radius 3 is 2.36 bits per heavy atom. The highest BCUT2D eigenvalue weighted by molar-refractivity contribution is 5.43. The van der Waals surface area contributed by atoms with Gasteiger partial charge in [-0.3, -0.25) is 9.80 Å². The second-order valence-electron chi connectivity index (χ2n) is 10.1. The zero-order valence-corrected chi connectivity index (χ0v) is 20.8. The molecule has 1 aromatic carbocycles. The molecule has 3 aliphatic rings. The highest BCUT2D eigenvalue weighted by Gasteiger charge is 2.49. The van der Waals surface area contributed by atoms with Crippen molar-refractivity contribution in [1.82, 2.24) is 14.8 Å². The van der Waals surface area contributed by atoms with Crippen LogP contribution in [-0.2, 0) is 22.2 Å². The maximum absolute atomic E-state index is 13.5. The normalized spacial score (nSPS) is 25.0. The van der Waals surface area contributed by atoms with E-state index in [2.05, 4.69) is 39.0 Å². The molecule has 0 radical (unpaired) electrons. The van der Waals surface area contributed by atoms with E-state index in [1.807, 2.05) is 17.9 Å². The molecule has 0 N–H and O–H groups in total. The third-order valence-corrected chi connectivity index (χ3v) is 7.76. The summed E-state index contributed by atoms with van der Waals surface area (Å²) in [6.07, 6.45) is -2.23. The first-order chi connectivity index (χ1) is 17.4. The molecule has 196 valence electrons. The van der Waals surface area contributed by atoms with Crippen molar-refractivity contribution in [2.24, 2.45) is 0 Å². The summed E-state index contributed by atoms with van der Waals surface area (Å²) in [4.78, 5) is 11.0. The number of aromatic nitrogens is 1. The van der Waals surface area contributed by atoms with Crippen molar-refractivity contribution in [3.63, 3.8) is 0 Å². The summed E-state index contributed by atoms with van der Waals surface area (Å²) < 4.78 is 52.0. The van der Waals surface area contributed by atoms with E-state index >= 15 is 0 Å². The number of benzene rings is 1. The van der Waals surface area contributed by atoms with Crippen molar-refractivity contribution < 1.29 is 22.6 Å². The van der Waals surface area contributed by atoms with Gasteiger partial charge in [-0.05, 0) is 37.0 Å². The molecule has 3 fully saturated rings. The minimum atomic E-state index is -4.48. The maximum atomic E-state index is 13.5. The first-order valence-corrected chi connectivity index (χ1v) is 12.9. The fraction of sp³-hybridized carbons (Fsp3) is 0.593. The zero-order chi connectivity index (χ0) is 25.2. The van der Waals surface area contributed by atoms with E-state index in [0.717, 1.165) is 58.1 Å². The van der Waals surface area contributed by atoms with Crippen LogP contribution < -0.4 is 4.90 Å². The number of alkyl halides is 3. The predicted octanol–water partition coefficient (Wildman–Crippen LogP) is 4.41. The molecule has 3 aliphatic heterocycles. The van der Waals surface area contributed by atoms with Crippen LogP contribution in [0.15, 0.2) is 48.5 Å². The SMILES string of the molecule is CCC1OC1N(CC1(N2CCN(Cc3ccccc3)CC2)CCOCC1)c1cccc(C(F)(F)F)n1. The lowest BCUT2D eigenvalue weighted by Crippen LogP contribution is -2.63. The molecule has 2 aromatic rings. The number of hydrogen-bond acceptors (Lipinski definition) is 6. The summed E-state index contributed by atoms with van der Waals surface area (Å²) in [7, 11) is 0. The van der Waals surface area contributed by atoms with Crippen molar-refractivity contribution in [3.8, 4) is 0 Å². The molecule has 4 heterocycles. The minimum Gasteiger partial charge on any atom is -0.381 e. The monoisotopic (exact) mass is 504 g/mol. The van der Waals surface area contributed by atoms with Gasteiger partial charge in [0.25, 0.3) is 0 Å². The number of halogens is 3. The van der Waals surface area contributed by atoms with E-state index in [1.54, 1.807) is 6.07 Å². The molecule has 1 aromatic heterocycles. The van der Waals surface area contributed by atoms with Gasteiger partial charge in [-0.2, -0.15) is 13.2 Å². The summed E-state index contributed by atoms with van der Waals surface area (Å²) in [6.45, 7) is 8.59. The number of piperazine rings is 1. The Morgan fingerprint density at radius 1 is 1.00 bits per heavy atom. The van der Waals surface area contributed by atoms with Crippen molar-refractivity contribution in [2.45, 2.75) is 56.8 Å². The van der Waals surface area contributed by atoms with Gasteiger partial charge in [-0.25, -0.2) is 4.98 Å². The average molecular weight is 505 g/mol. The molecule has 2 atom stereocenters. The largest absolute Gasteiger partial charge is 0.433 e. The van der Waals surface area contributed by atoms with Crippen LogP contribution in [0.3, 0.4) is 0 Å². The van der Waals surface area contributed by atoms with Crippen molar-refractivity contribution >= 4 is 5.82 Å². The summed E-state index contributed by atoms with van der Waals surface area (Å²) in [6, 6.07) is 14.6. The summed E-state index contributed by atoms with van der Waals surface area (Å²) in [5, 5.41) is 0. The molecule has 5 rings (SSSR count). The quantitative estimate of drug-likeness (QED) is 0.497. The lowest BCUT2D eigenvalue weighted by Gasteiger charge is -2.51. The number of anilines is 1. The predicted molar refractivity (Wildman–Crippen MR) is 132 cm³/mol. The zero-order valence-electron chi connectivity index (χ0n) is 20.8. The van der Waals surface area contributed by atoms with Crippen LogP contribution in [0.2, 0.25) is 0 Å². The van der Waals surface area contributed by atoms with Gasteiger partial charge < -0.3 is 14.4 Å². The molecule has 0 aliphatic carbocycles. The van der Waals surface area contributed by atoms with Crippen molar-refractivity contribution in [2.75, 3.05) is 50.8 Å². The number of hydrogen-bond donors (Lipinski definition) is 0. The first-order valence-electron chi connectivity index (χ1n) is 12.9. The van der Waals surface area contributed by atoms with E-state index < -0.39 is 11.9 Å². The smallest absolute Gasteiger partial charge is 0.381 e. The molecule has 0 saturated carbocycles. The maximum Gasteiger partial charge on any atom is 0.433 e. The van der Waals surface area contributed by atoms with Gasteiger partial charge in [0, 0.05) is 58.0 Å². The number of epoxide rings is 1. The van der Waals surface area contributed by atoms with Crippen LogP contribution in [0, 0.1) is 0 Å². The molecule has 0 spiro atoms. The first kappa shape index (κ1) is 25.4. The molecule has 2 unspecified atom stereocenters. The minimum absolute atomic E-state index is 0.0148. The van der Waals surface area contributed by atoms with E-state index in [-0.39, 0.29) is 17.9 Å². The lowest BCUT2D eigenvalue weighted by atomic mass is 9.86. The van der Waals surface area contributed by atoms with Gasteiger partial charge in [0.15, 0.2) is 6.23 Å². The van der Waals surface area contributed by atoms with Crippen LogP contribution >= 0.6 is 0 Å². The Hall–Kier alpha value is -2.20. The van der Waals surface area contributed by atoms with E-state index in [4.69, 9.17) is 9.47 Å². The fourth-order valence-electron chi connectivity index (χ4n) is 5.61. The standard InChI is InChI=1S/C27H35F3N4O2/c1-2-22-25(36-22)34(24-10-6-9-23(31-24)27(28,29)30)20-26(11-17-35-18-12-26)33-15-13-32(14-16-33)19-21-7-4-3-5-8-21/h3-10,22,25H,2,11-20H2,1H3. The van der Waals surface area contributed by atoms with E-state index in [9.17, 15) is 13.2 Å². The highest BCUT2D eigenvalue weighted by Crippen LogP contribution is 2.38. The highest BCUT2D eigenvalue weighted by atomic mass is 19.4. The summed E-state index contributed by atoms with van der Waals surface area (Å²) >= 11 is 0. The number of pyridine rings is 1. The van der Waals surface area contributed by atoms with Gasteiger partial charge in [0.1, 0.15) is 17.6 Å². The van der Waals surface area contributed by atoms with Gasteiger partial charge in [-0.15, -0.1) is 0 Å². The molecule has 0 amide bonds. The molecule has 36 heavy (non-hydrogen) atoms. The molecule has 6 nitrogen and oxygen atoms in total. The number of rotatable bonds is 8. The van der Waals surface area contributed by atoms with E-state index in [0.29, 0.717) is 25.6 Å². The van der Waals surface area contributed by atoms with Gasteiger partial charge in [0.2, 0.25) is 0 Å². The lowest BCUT2D eigenvalue weighted by molar-refractivity contribution is -0.141. The van der Waals surface area contributed by atoms with Crippen molar-refractivity contribution in [1.29, 1.82) is 0 Å². The summed E-state index contributed by atoms with van der Waals surface area (Å²) in [5.41, 5.74) is 0.247. The average Bonchev–Trinajstić information content (AvgIpc) is 3.68. The van der Waals surface area contributed by atoms with Crippen LogP contribution in [0.1, 0.15) is 37.4 Å². The molecular weight excluding hydrogens is 469 g/mol. The van der Waals surface area contributed by atoms with Gasteiger partial charge >= 0.3 is 6.18 Å². The van der Waals surface area contributed by atoms with Crippen LogP contribution in [-0.4, -0.2) is 78.6 Å². The Morgan fingerprint density at radius 2 is 1.72 bits per heavy atom. The third-order valence-electron chi connectivity index (χ3n) is 7.76. The molecule has 0 bridgehead atoms. The Balaban J connectivity index is 1.35. The van der Waals surface area contributed by atoms with Crippen LogP contribution in [0.5, 0.6) is 0 Å². The Kier molecular flexibility index (Phi) is 7.53. The topological polar surface area (TPSA) is 44.4 Å². The Labute approximate surface area is 211 Å². The molecule has 9 heteroatoms. The van der Waals surface area contributed by atoms with Gasteiger partial charge in [0.05, 0.1) is 0 Å². The molecule has 3 saturated heterocycles.